The molecule has 0 aliphatic carbocycles. The van der Waals surface area contributed by atoms with Gasteiger partial charge < -0.3 is 19.7 Å². The number of ether oxygens (including phenoxy) is 2. The van der Waals surface area contributed by atoms with Crippen molar-refractivity contribution in [3.63, 3.8) is 0 Å². The van der Waals surface area contributed by atoms with E-state index in [0.29, 0.717) is 18.8 Å². The monoisotopic (exact) mass is 352 g/mol. The first-order valence-electron chi connectivity index (χ1n) is 9.14. The number of morpholine rings is 1. The van der Waals surface area contributed by atoms with Gasteiger partial charge in [-0.2, -0.15) is 0 Å². The maximum absolute atomic E-state index is 12.6. The smallest absolute Gasteiger partial charge is 0.251 e. The van der Waals surface area contributed by atoms with E-state index in [1.165, 1.54) is 11.3 Å². The summed E-state index contributed by atoms with van der Waals surface area (Å²) in [7, 11) is 0. The van der Waals surface area contributed by atoms with E-state index in [4.69, 9.17) is 9.47 Å². The lowest BCUT2D eigenvalue weighted by Crippen LogP contribution is -2.36. The number of hydrogen-bond acceptors (Lipinski definition) is 4. The van der Waals surface area contributed by atoms with E-state index in [0.717, 1.165) is 37.4 Å². The number of nitrogens with zero attached hydrogens (tertiary/aromatic N) is 1. The summed E-state index contributed by atoms with van der Waals surface area (Å²) in [5.74, 6) is -0.0514. The summed E-state index contributed by atoms with van der Waals surface area (Å²) in [6, 6.07) is 14.2. The lowest BCUT2D eigenvalue weighted by atomic mass is 10.0. The highest BCUT2D eigenvalue weighted by atomic mass is 16.5. The van der Waals surface area contributed by atoms with Crippen LogP contribution in [0.1, 0.15) is 40.0 Å². The first-order chi connectivity index (χ1) is 12.7. The molecule has 2 aromatic carbocycles. The average Bonchev–Trinajstić information content (AvgIpc) is 3.16. The fourth-order valence-corrected chi connectivity index (χ4v) is 3.47. The zero-order valence-electron chi connectivity index (χ0n) is 15.0. The standard InChI is InChI=1S/C21H24N2O3/c1-15(16-4-6-20(7-5-16)23-8-10-25-11-9-23)22-21(24)17-2-3-18-13-26-14-19(18)12-17/h2-7,12,15H,8-11,13-14H2,1H3,(H,22,24)/t15-/m0/s1. The molecular weight excluding hydrogens is 328 g/mol. The van der Waals surface area contributed by atoms with E-state index in [9.17, 15) is 4.79 Å². The van der Waals surface area contributed by atoms with Crippen LogP contribution in [0.4, 0.5) is 5.69 Å². The molecule has 2 heterocycles. The van der Waals surface area contributed by atoms with Crippen LogP contribution in [0.5, 0.6) is 0 Å². The lowest BCUT2D eigenvalue weighted by Gasteiger charge is -2.29. The molecule has 2 aliphatic rings. The highest BCUT2D eigenvalue weighted by Crippen LogP contribution is 2.23. The van der Waals surface area contributed by atoms with E-state index in [2.05, 4.69) is 34.5 Å². The normalized spacial score (nSPS) is 17.7. The SMILES string of the molecule is C[C@H](NC(=O)c1ccc2c(c1)COC2)c1ccc(N2CCOCC2)cc1. The first kappa shape index (κ1) is 17.1. The second kappa shape index (κ2) is 7.48. The molecule has 1 amide bonds. The minimum Gasteiger partial charge on any atom is -0.378 e. The highest BCUT2D eigenvalue weighted by Gasteiger charge is 2.17. The number of benzene rings is 2. The van der Waals surface area contributed by atoms with Crippen molar-refractivity contribution in [1.29, 1.82) is 0 Å². The Bertz CT molecular complexity index is 782. The molecule has 0 radical (unpaired) electrons. The maximum atomic E-state index is 12.6. The molecule has 1 saturated heterocycles. The van der Waals surface area contributed by atoms with E-state index < -0.39 is 0 Å². The van der Waals surface area contributed by atoms with Crippen LogP contribution in [0.25, 0.3) is 0 Å². The van der Waals surface area contributed by atoms with Gasteiger partial charge in [0.25, 0.3) is 5.91 Å². The summed E-state index contributed by atoms with van der Waals surface area (Å²) in [6.07, 6.45) is 0. The molecule has 5 heteroatoms. The molecule has 1 fully saturated rings. The lowest BCUT2D eigenvalue weighted by molar-refractivity contribution is 0.0939. The van der Waals surface area contributed by atoms with E-state index in [-0.39, 0.29) is 11.9 Å². The number of amides is 1. The van der Waals surface area contributed by atoms with Crippen LogP contribution in [-0.4, -0.2) is 32.2 Å². The van der Waals surface area contributed by atoms with E-state index in [1.54, 1.807) is 0 Å². The fourth-order valence-electron chi connectivity index (χ4n) is 3.47. The molecule has 2 aromatic rings. The highest BCUT2D eigenvalue weighted by molar-refractivity contribution is 5.94. The molecule has 0 saturated carbocycles. The Labute approximate surface area is 153 Å². The molecule has 4 rings (SSSR count). The Morgan fingerprint density at radius 1 is 1.00 bits per heavy atom. The summed E-state index contributed by atoms with van der Waals surface area (Å²) in [5.41, 5.74) is 5.27. The molecule has 0 unspecified atom stereocenters. The van der Waals surface area contributed by atoms with Gasteiger partial charge in [0.2, 0.25) is 0 Å². The van der Waals surface area contributed by atoms with Crippen molar-refractivity contribution in [2.75, 3.05) is 31.2 Å². The number of rotatable bonds is 4. The van der Waals surface area contributed by atoms with Crippen LogP contribution < -0.4 is 10.2 Å². The van der Waals surface area contributed by atoms with Crippen LogP contribution in [0.15, 0.2) is 42.5 Å². The van der Waals surface area contributed by atoms with Gasteiger partial charge in [0.05, 0.1) is 32.5 Å². The molecule has 26 heavy (non-hydrogen) atoms. The van der Waals surface area contributed by atoms with Gasteiger partial charge in [0.15, 0.2) is 0 Å². The summed E-state index contributed by atoms with van der Waals surface area (Å²) in [5, 5.41) is 3.09. The van der Waals surface area contributed by atoms with Gasteiger partial charge in [-0.3, -0.25) is 4.79 Å². The van der Waals surface area contributed by atoms with Gasteiger partial charge in [0.1, 0.15) is 0 Å². The predicted octanol–water partition coefficient (Wildman–Crippen LogP) is 3.04. The molecule has 0 bridgehead atoms. The van der Waals surface area contributed by atoms with Crippen molar-refractivity contribution in [3.8, 4) is 0 Å². The number of carbonyl (C=O) groups is 1. The Kier molecular flexibility index (Phi) is 4.91. The minimum absolute atomic E-state index is 0.0502. The van der Waals surface area contributed by atoms with Crippen molar-refractivity contribution in [1.82, 2.24) is 5.32 Å². The van der Waals surface area contributed by atoms with Crippen LogP contribution >= 0.6 is 0 Å². The second-order valence-corrected chi connectivity index (χ2v) is 6.86. The van der Waals surface area contributed by atoms with Gasteiger partial charge >= 0.3 is 0 Å². The molecule has 0 spiro atoms. The van der Waals surface area contributed by atoms with Crippen LogP contribution in [0.2, 0.25) is 0 Å². The van der Waals surface area contributed by atoms with Gasteiger partial charge in [-0.05, 0) is 47.9 Å². The van der Waals surface area contributed by atoms with E-state index in [1.807, 2.05) is 25.1 Å². The number of anilines is 1. The molecule has 2 aliphatic heterocycles. The van der Waals surface area contributed by atoms with E-state index >= 15 is 0 Å². The minimum atomic E-state index is -0.0514. The Morgan fingerprint density at radius 2 is 1.73 bits per heavy atom. The Balaban J connectivity index is 1.41. The quantitative estimate of drug-likeness (QED) is 0.919. The summed E-state index contributed by atoms with van der Waals surface area (Å²) in [6.45, 7) is 6.65. The topological polar surface area (TPSA) is 50.8 Å². The largest absolute Gasteiger partial charge is 0.378 e. The van der Waals surface area contributed by atoms with Crippen LogP contribution in [0.3, 0.4) is 0 Å². The average molecular weight is 352 g/mol. The van der Waals surface area contributed by atoms with Crippen molar-refractivity contribution in [2.24, 2.45) is 0 Å². The van der Waals surface area contributed by atoms with Crippen molar-refractivity contribution in [3.05, 3.63) is 64.7 Å². The van der Waals surface area contributed by atoms with Crippen molar-refractivity contribution in [2.45, 2.75) is 26.2 Å². The third-order valence-electron chi connectivity index (χ3n) is 5.10. The summed E-state index contributed by atoms with van der Waals surface area (Å²) < 4.78 is 10.8. The summed E-state index contributed by atoms with van der Waals surface area (Å²) in [4.78, 5) is 14.9. The first-order valence-corrected chi connectivity index (χ1v) is 9.14. The third kappa shape index (κ3) is 3.59. The number of carbonyl (C=O) groups excluding carboxylic acids is 1. The van der Waals surface area contributed by atoms with Gasteiger partial charge in [-0.1, -0.05) is 18.2 Å². The Morgan fingerprint density at radius 3 is 2.50 bits per heavy atom. The molecule has 1 N–H and O–H groups in total. The Hall–Kier alpha value is -2.37. The third-order valence-corrected chi connectivity index (χ3v) is 5.10. The number of fused-ring (bicyclic) bond motifs is 1. The van der Waals surface area contributed by atoms with Crippen molar-refractivity contribution < 1.29 is 14.3 Å². The van der Waals surface area contributed by atoms with Gasteiger partial charge in [-0.15, -0.1) is 0 Å². The van der Waals surface area contributed by atoms with Crippen LogP contribution in [-0.2, 0) is 22.7 Å². The van der Waals surface area contributed by atoms with Crippen LogP contribution in [0, 0.1) is 0 Å². The number of hydrogen-bond donors (Lipinski definition) is 1. The number of nitrogens with one attached hydrogen (secondary N) is 1. The molecular formula is C21H24N2O3. The zero-order valence-corrected chi connectivity index (χ0v) is 15.0. The second-order valence-electron chi connectivity index (χ2n) is 6.86. The van der Waals surface area contributed by atoms with Gasteiger partial charge in [0, 0.05) is 24.3 Å². The van der Waals surface area contributed by atoms with Crippen molar-refractivity contribution >= 4 is 11.6 Å². The van der Waals surface area contributed by atoms with Gasteiger partial charge in [-0.25, -0.2) is 0 Å². The molecule has 5 nitrogen and oxygen atoms in total. The predicted molar refractivity (Wildman–Crippen MR) is 100 cm³/mol. The molecule has 136 valence electrons. The molecule has 1 atom stereocenters. The molecule has 0 aromatic heterocycles. The summed E-state index contributed by atoms with van der Waals surface area (Å²) >= 11 is 0. The fraction of sp³-hybridized carbons (Fsp3) is 0.381. The maximum Gasteiger partial charge on any atom is 0.251 e. The zero-order chi connectivity index (χ0) is 17.9.